The second-order valence-corrected chi connectivity index (χ2v) is 5.44. The SMILES string of the molecule is CCNC(=NCc1cccc([N+](=O)[O-])c1)NC(C)c1ccc(C)o1.I. The molecule has 0 amide bonds. The van der Waals surface area contributed by atoms with Crippen molar-refractivity contribution in [2.45, 2.75) is 33.4 Å². The van der Waals surface area contributed by atoms with Crippen molar-refractivity contribution in [1.29, 1.82) is 0 Å². The fourth-order valence-electron chi connectivity index (χ4n) is 2.22. The van der Waals surface area contributed by atoms with Crippen LogP contribution >= 0.6 is 24.0 Å². The molecule has 8 heteroatoms. The first-order valence-corrected chi connectivity index (χ1v) is 7.84. The standard InChI is InChI=1S/C17H22N4O3.HI/c1-4-18-17(20-13(3)16-9-8-12(2)24-16)19-11-14-6-5-7-15(10-14)21(22)23;/h5-10,13H,4,11H2,1-3H3,(H2,18,19,20);1H. The molecule has 0 aliphatic rings. The van der Waals surface area contributed by atoms with Gasteiger partial charge in [0.1, 0.15) is 11.5 Å². The zero-order valence-corrected chi connectivity index (χ0v) is 16.8. The number of non-ortho nitro benzene ring substituents is 1. The van der Waals surface area contributed by atoms with Crippen LogP contribution in [0.15, 0.2) is 45.8 Å². The Hall–Kier alpha value is -2.10. The minimum absolute atomic E-state index is 0. The zero-order valence-electron chi connectivity index (χ0n) is 14.5. The molecule has 0 aliphatic carbocycles. The van der Waals surface area contributed by atoms with Crippen molar-refractivity contribution in [3.8, 4) is 0 Å². The molecule has 0 saturated carbocycles. The maximum Gasteiger partial charge on any atom is 0.269 e. The summed E-state index contributed by atoms with van der Waals surface area (Å²) in [6, 6.07) is 10.3. The maximum absolute atomic E-state index is 10.8. The molecule has 0 aliphatic heterocycles. The first-order valence-electron chi connectivity index (χ1n) is 7.84. The van der Waals surface area contributed by atoms with Crippen LogP contribution in [-0.4, -0.2) is 17.4 Å². The Morgan fingerprint density at radius 2 is 2.12 bits per heavy atom. The molecule has 1 aromatic heterocycles. The van der Waals surface area contributed by atoms with Gasteiger partial charge >= 0.3 is 0 Å². The van der Waals surface area contributed by atoms with E-state index in [4.69, 9.17) is 4.42 Å². The Bertz CT molecular complexity index is 730. The van der Waals surface area contributed by atoms with Crippen LogP contribution in [0.3, 0.4) is 0 Å². The van der Waals surface area contributed by atoms with Gasteiger partial charge in [0.2, 0.25) is 0 Å². The molecule has 25 heavy (non-hydrogen) atoms. The van der Waals surface area contributed by atoms with Gasteiger partial charge in [-0.2, -0.15) is 0 Å². The third kappa shape index (κ3) is 6.37. The second kappa shape index (κ2) is 10.0. The quantitative estimate of drug-likeness (QED) is 0.225. The monoisotopic (exact) mass is 458 g/mol. The number of aliphatic imine (C=N–C) groups is 1. The summed E-state index contributed by atoms with van der Waals surface area (Å²) in [6.07, 6.45) is 0. The lowest BCUT2D eigenvalue weighted by Crippen LogP contribution is -2.38. The molecule has 1 atom stereocenters. The highest BCUT2D eigenvalue weighted by molar-refractivity contribution is 14.0. The van der Waals surface area contributed by atoms with Gasteiger partial charge in [-0.1, -0.05) is 12.1 Å². The van der Waals surface area contributed by atoms with E-state index in [0.717, 1.165) is 17.1 Å². The van der Waals surface area contributed by atoms with E-state index in [1.807, 2.05) is 39.0 Å². The van der Waals surface area contributed by atoms with Crippen molar-refractivity contribution in [2.75, 3.05) is 6.54 Å². The van der Waals surface area contributed by atoms with Crippen LogP contribution in [-0.2, 0) is 6.54 Å². The minimum atomic E-state index is -0.405. The van der Waals surface area contributed by atoms with E-state index in [0.29, 0.717) is 19.0 Å². The Balaban J connectivity index is 0.00000312. The number of nitro benzene ring substituents is 1. The lowest BCUT2D eigenvalue weighted by Gasteiger charge is -2.16. The number of guanidine groups is 1. The number of aryl methyl sites for hydroxylation is 1. The van der Waals surface area contributed by atoms with E-state index < -0.39 is 4.92 Å². The van der Waals surface area contributed by atoms with E-state index in [1.165, 1.54) is 12.1 Å². The van der Waals surface area contributed by atoms with Gasteiger partial charge in [-0.05, 0) is 38.5 Å². The van der Waals surface area contributed by atoms with Gasteiger partial charge in [-0.25, -0.2) is 4.99 Å². The maximum atomic E-state index is 10.8. The molecule has 1 aromatic carbocycles. The van der Waals surface area contributed by atoms with Crippen LogP contribution in [0.2, 0.25) is 0 Å². The van der Waals surface area contributed by atoms with Crippen LogP contribution in [0.4, 0.5) is 5.69 Å². The molecule has 136 valence electrons. The number of rotatable bonds is 6. The van der Waals surface area contributed by atoms with Crippen LogP contribution in [0, 0.1) is 17.0 Å². The van der Waals surface area contributed by atoms with Gasteiger partial charge in [0.25, 0.3) is 5.69 Å². The van der Waals surface area contributed by atoms with Crippen molar-refractivity contribution in [3.63, 3.8) is 0 Å². The molecule has 2 rings (SSSR count). The molecule has 2 aromatic rings. The number of furan rings is 1. The second-order valence-electron chi connectivity index (χ2n) is 5.44. The topological polar surface area (TPSA) is 92.7 Å². The zero-order chi connectivity index (χ0) is 17.5. The highest BCUT2D eigenvalue weighted by Gasteiger charge is 2.11. The molecular formula is C17H23IN4O3. The fourth-order valence-corrected chi connectivity index (χ4v) is 2.22. The van der Waals surface area contributed by atoms with Gasteiger partial charge in [0.05, 0.1) is 17.5 Å². The predicted molar refractivity (Wildman–Crippen MR) is 108 cm³/mol. The van der Waals surface area contributed by atoms with E-state index >= 15 is 0 Å². The number of hydrogen-bond donors (Lipinski definition) is 2. The van der Waals surface area contributed by atoms with Gasteiger partial charge in [0.15, 0.2) is 5.96 Å². The Kier molecular flexibility index (Phi) is 8.39. The van der Waals surface area contributed by atoms with E-state index in [9.17, 15) is 10.1 Å². The summed E-state index contributed by atoms with van der Waals surface area (Å²) in [5.41, 5.74) is 0.850. The first kappa shape index (κ1) is 20.9. The fraction of sp³-hybridized carbons (Fsp3) is 0.353. The average Bonchev–Trinajstić information content (AvgIpc) is 2.99. The summed E-state index contributed by atoms with van der Waals surface area (Å²) < 4.78 is 5.61. The Labute approximate surface area is 164 Å². The molecule has 0 fully saturated rings. The van der Waals surface area contributed by atoms with E-state index in [2.05, 4.69) is 15.6 Å². The third-order valence-electron chi connectivity index (χ3n) is 3.43. The van der Waals surface area contributed by atoms with Crippen LogP contribution in [0.25, 0.3) is 0 Å². The largest absolute Gasteiger partial charge is 0.464 e. The Morgan fingerprint density at radius 1 is 1.36 bits per heavy atom. The van der Waals surface area contributed by atoms with Crippen molar-refractivity contribution < 1.29 is 9.34 Å². The van der Waals surface area contributed by atoms with Gasteiger partial charge in [0, 0.05) is 18.7 Å². The summed E-state index contributed by atoms with van der Waals surface area (Å²) in [6.45, 7) is 6.92. The number of benzene rings is 1. The molecule has 0 spiro atoms. The molecule has 0 saturated heterocycles. The molecular weight excluding hydrogens is 435 g/mol. The van der Waals surface area contributed by atoms with Gasteiger partial charge < -0.3 is 15.1 Å². The number of nitrogens with one attached hydrogen (secondary N) is 2. The third-order valence-corrected chi connectivity index (χ3v) is 3.43. The van der Waals surface area contributed by atoms with E-state index in [1.54, 1.807) is 6.07 Å². The highest BCUT2D eigenvalue weighted by atomic mass is 127. The Morgan fingerprint density at radius 3 is 2.72 bits per heavy atom. The van der Waals surface area contributed by atoms with Crippen molar-refractivity contribution in [1.82, 2.24) is 10.6 Å². The minimum Gasteiger partial charge on any atom is -0.464 e. The van der Waals surface area contributed by atoms with Crippen molar-refractivity contribution in [3.05, 3.63) is 63.6 Å². The number of hydrogen-bond acceptors (Lipinski definition) is 4. The molecule has 0 radical (unpaired) electrons. The normalized spacial score (nSPS) is 12.2. The molecule has 1 unspecified atom stereocenters. The molecule has 0 bridgehead atoms. The van der Waals surface area contributed by atoms with Crippen molar-refractivity contribution >= 4 is 35.6 Å². The number of nitro groups is 1. The van der Waals surface area contributed by atoms with Crippen molar-refractivity contribution in [2.24, 2.45) is 4.99 Å². The number of halogens is 1. The summed E-state index contributed by atoms with van der Waals surface area (Å²) in [5.74, 6) is 2.32. The lowest BCUT2D eigenvalue weighted by molar-refractivity contribution is -0.384. The summed E-state index contributed by atoms with van der Waals surface area (Å²) >= 11 is 0. The molecule has 2 N–H and O–H groups in total. The van der Waals surface area contributed by atoms with Gasteiger partial charge in [-0.3, -0.25) is 10.1 Å². The smallest absolute Gasteiger partial charge is 0.269 e. The van der Waals surface area contributed by atoms with Crippen LogP contribution in [0.5, 0.6) is 0 Å². The summed E-state index contributed by atoms with van der Waals surface area (Å²) in [7, 11) is 0. The van der Waals surface area contributed by atoms with E-state index in [-0.39, 0.29) is 35.7 Å². The lowest BCUT2D eigenvalue weighted by atomic mass is 10.2. The first-order chi connectivity index (χ1) is 11.5. The summed E-state index contributed by atoms with van der Waals surface area (Å²) in [4.78, 5) is 14.9. The van der Waals surface area contributed by atoms with Crippen LogP contribution < -0.4 is 10.6 Å². The molecule has 7 nitrogen and oxygen atoms in total. The average molecular weight is 458 g/mol. The molecule has 1 heterocycles. The predicted octanol–water partition coefficient (Wildman–Crippen LogP) is 3.93. The number of nitrogens with zero attached hydrogens (tertiary/aromatic N) is 2. The summed E-state index contributed by atoms with van der Waals surface area (Å²) in [5, 5.41) is 17.3. The highest BCUT2D eigenvalue weighted by Crippen LogP contribution is 2.16. The van der Waals surface area contributed by atoms with Crippen LogP contribution in [0.1, 0.15) is 37.0 Å². The van der Waals surface area contributed by atoms with Gasteiger partial charge in [-0.15, -0.1) is 24.0 Å².